The largest absolute Gasteiger partial charge is 0.481 e. The number of ether oxygens (including phenoxy) is 1. The predicted octanol–water partition coefficient (Wildman–Crippen LogP) is 2.90. The monoisotopic (exact) mass is 368 g/mol. The molecule has 2 amide bonds. The van der Waals surface area contributed by atoms with Gasteiger partial charge >= 0.3 is 6.03 Å². The fourth-order valence-corrected chi connectivity index (χ4v) is 3.41. The molecule has 1 aromatic heterocycles. The molecule has 1 N–H and O–H groups in total. The summed E-state index contributed by atoms with van der Waals surface area (Å²) in [6.07, 6.45) is 3.73. The highest BCUT2D eigenvalue weighted by molar-refractivity contribution is 5.74. The van der Waals surface area contributed by atoms with E-state index in [0.717, 1.165) is 38.0 Å². The van der Waals surface area contributed by atoms with Crippen LogP contribution < -0.4 is 10.1 Å². The smallest absolute Gasteiger partial charge is 0.317 e. The average molecular weight is 368 g/mol. The molecule has 1 aromatic carbocycles. The first-order valence-electron chi connectivity index (χ1n) is 9.41. The molecule has 27 heavy (non-hydrogen) atoms. The molecule has 0 saturated carbocycles. The van der Waals surface area contributed by atoms with Crippen LogP contribution in [0.15, 0.2) is 48.7 Å². The maximum atomic E-state index is 12.5. The van der Waals surface area contributed by atoms with Gasteiger partial charge in [-0.05, 0) is 24.0 Å². The third-order valence-electron chi connectivity index (χ3n) is 5.12. The molecular formula is C21H28N4O2. The van der Waals surface area contributed by atoms with Crippen LogP contribution in [0, 0.1) is 0 Å². The maximum absolute atomic E-state index is 12.5. The number of nitrogens with zero attached hydrogens (tertiary/aromatic N) is 3. The molecule has 2 heterocycles. The fourth-order valence-electron chi connectivity index (χ4n) is 3.41. The van der Waals surface area contributed by atoms with Gasteiger partial charge < -0.3 is 15.0 Å². The molecular weight excluding hydrogens is 340 g/mol. The molecule has 1 aliphatic heterocycles. The van der Waals surface area contributed by atoms with Crippen molar-refractivity contribution < 1.29 is 9.53 Å². The maximum Gasteiger partial charge on any atom is 0.317 e. The van der Waals surface area contributed by atoms with Gasteiger partial charge in [0.05, 0.1) is 7.11 Å². The van der Waals surface area contributed by atoms with Crippen molar-refractivity contribution in [3.05, 3.63) is 59.8 Å². The van der Waals surface area contributed by atoms with Crippen molar-refractivity contribution in [3.63, 3.8) is 0 Å². The number of nitrogens with one attached hydrogen (secondary N) is 1. The van der Waals surface area contributed by atoms with Gasteiger partial charge in [0.15, 0.2) is 0 Å². The number of carbonyl (C=O) groups excluding carboxylic acids is 1. The van der Waals surface area contributed by atoms with Crippen molar-refractivity contribution in [2.75, 3.05) is 27.2 Å². The number of benzene rings is 1. The molecule has 0 spiro atoms. The summed E-state index contributed by atoms with van der Waals surface area (Å²) in [5, 5.41) is 2.98. The Hall–Kier alpha value is -2.60. The highest BCUT2D eigenvalue weighted by Crippen LogP contribution is 2.18. The lowest BCUT2D eigenvalue weighted by Crippen LogP contribution is -2.48. The van der Waals surface area contributed by atoms with E-state index in [9.17, 15) is 4.79 Å². The SMILES string of the molecule is COc1ccc(CNC(=O)N(C)C2CCN(Cc3ccccc3)CC2)cn1. The van der Waals surface area contributed by atoms with Gasteiger partial charge in [-0.2, -0.15) is 0 Å². The Morgan fingerprint density at radius 3 is 2.56 bits per heavy atom. The number of carbonyl (C=O) groups is 1. The molecule has 6 nitrogen and oxygen atoms in total. The molecule has 0 atom stereocenters. The minimum atomic E-state index is -0.0349. The minimum absolute atomic E-state index is 0.0349. The molecule has 0 aliphatic carbocycles. The summed E-state index contributed by atoms with van der Waals surface area (Å²) in [6, 6.07) is 14.5. The van der Waals surface area contributed by atoms with Gasteiger partial charge in [0.25, 0.3) is 0 Å². The second kappa shape index (κ2) is 9.37. The third kappa shape index (κ3) is 5.44. The Kier molecular flexibility index (Phi) is 6.65. The standard InChI is InChI=1S/C21H28N4O2/c1-24(21(26)23-15-18-8-9-20(27-2)22-14-18)19-10-12-25(13-11-19)16-17-6-4-3-5-7-17/h3-9,14,19H,10-13,15-16H2,1-2H3,(H,23,26). The van der Waals surface area contributed by atoms with E-state index in [0.29, 0.717) is 12.4 Å². The van der Waals surface area contributed by atoms with Gasteiger partial charge in [0.1, 0.15) is 0 Å². The molecule has 1 aliphatic rings. The Morgan fingerprint density at radius 1 is 1.19 bits per heavy atom. The Morgan fingerprint density at radius 2 is 1.93 bits per heavy atom. The normalized spacial score (nSPS) is 15.3. The van der Waals surface area contributed by atoms with Crippen LogP contribution in [-0.4, -0.2) is 54.1 Å². The van der Waals surface area contributed by atoms with Gasteiger partial charge in [-0.25, -0.2) is 9.78 Å². The van der Waals surface area contributed by atoms with Crippen molar-refractivity contribution in [3.8, 4) is 5.88 Å². The number of aromatic nitrogens is 1. The number of hydrogen-bond donors (Lipinski definition) is 1. The van der Waals surface area contributed by atoms with E-state index in [1.165, 1.54) is 5.56 Å². The first-order valence-corrected chi connectivity index (χ1v) is 9.41. The number of hydrogen-bond acceptors (Lipinski definition) is 4. The Bertz CT molecular complexity index is 713. The quantitative estimate of drug-likeness (QED) is 0.852. The van der Waals surface area contributed by atoms with Crippen LogP contribution in [0.4, 0.5) is 4.79 Å². The van der Waals surface area contributed by atoms with Crippen LogP contribution in [0.1, 0.15) is 24.0 Å². The minimum Gasteiger partial charge on any atom is -0.481 e. The molecule has 0 bridgehead atoms. The molecule has 1 saturated heterocycles. The van der Waals surface area contributed by atoms with E-state index in [-0.39, 0.29) is 12.1 Å². The first kappa shape index (κ1) is 19.2. The highest BCUT2D eigenvalue weighted by atomic mass is 16.5. The van der Waals surface area contributed by atoms with E-state index >= 15 is 0 Å². The molecule has 2 aromatic rings. The number of amides is 2. The number of piperidine rings is 1. The van der Waals surface area contributed by atoms with Gasteiger partial charge in [0, 0.05) is 51.5 Å². The second-order valence-electron chi connectivity index (χ2n) is 6.97. The van der Waals surface area contributed by atoms with Crippen molar-refractivity contribution in [2.45, 2.75) is 32.0 Å². The lowest BCUT2D eigenvalue weighted by molar-refractivity contribution is 0.131. The summed E-state index contributed by atoms with van der Waals surface area (Å²) < 4.78 is 5.05. The van der Waals surface area contributed by atoms with Gasteiger partial charge in [-0.15, -0.1) is 0 Å². The van der Waals surface area contributed by atoms with Crippen molar-refractivity contribution in [1.82, 2.24) is 20.1 Å². The fraction of sp³-hybridized carbons (Fsp3) is 0.429. The summed E-state index contributed by atoms with van der Waals surface area (Å²) in [7, 11) is 3.48. The Labute approximate surface area is 161 Å². The lowest BCUT2D eigenvalue weighted by atomic mass is 10.0. The topological polar surface area (TPSA) is 57.7 Å². The molecule has 3 rings (SSSR count). The zero-order chi connectivity index (χ0) is 19.1. The number of methoxy groups -OCH3 is 1. The number of pyridine rings is 1. The second-order valence-corrected chi connectivity index (χ2v) is 6.97. The van der Waals surface area contributed by atoms with Crippen LogP contribution in [0.3, 0.4) is 0 Å². The van der Waals surface area contributed by atoms with Gasteiger partial charge in [-0.3, -0.25) is 4.90 Å². The first-order chi connectivity index (χ1) is 13.2. The molecule has 144 valence electrons. The summed E-state index contributed by atoms with van der Waals surface area (Å²) in [5.74, 6) is 0.574. The molecule has 6 heteroatoms. The van der Waals surface area contributed by atoms with E-state index in [2.05, 4.69) is 39.5 Å². The number of likely N-dealkylation sites (tertiary alicyclic amines) is 1. The van der Waals surface area contributed by atoms with E-state index in [1.54, 1.807) is 19.4 Å². The van der Waals surface area contributed by atoms with Crippen molar-refractivity contribution in [2.24, 2.45) is 0 Å². The predicted molar refractivity (Wildman–Crippen MR) is 106 cm³/mol. The van der Waals surface area contributed by atoms with Crippen molar-refractivity contribution >= 4 is 6.03 Å². The summed E-state index contributed by atoms with van der Waals surface area (Å²) in [6.45, 7) is 3.47. The van der Waals surface area contributed by atoms with Gasteiger partial charge in [0.2, 0.25) is 5.88 Å². The van der Waals surface area contributed by atoms with Gasteiger partial charge in [-0.1, -0.05) is 36.4 Å². The summed E-state index contributed by atoms with van der Waals surface area (Å²) in [4.78, 5) is 20.9. The number of rotatable bonds is 6. The zero-order valence-corrected chi connectivity index (χ0v) is 16.1. The van der Waals surface area contributed by atoms with Crippen LogP contribution in [0.2, 0.25) is 0 Å². The summed E-state index contributed by atoms with van der Waals surface area (Å²) >= 11 is 0. The highest BCUT2D eigenvalue weighted by Gasteiger charge is 2.25. The van der Waals surface area contributed by atoms with Crippen LogP contribution in [0.25, 0.3) is 0 Å². The van der Waals surface area contributed by atoms with Crippen LogP contribution in [-0.2, 0) is 13.1 Å². The Balaban J connectivity index is 1.42. The van der Waals surface area contributed by atoms with E-state index < -0.39 is 0 Å². The van der Waals surface area contributed by atoms with Crippen molar-refractivity contribution in [1.29, 1.82) is 0 Å². The van der Waals surface area contributed by atoms with E-state index in [1.807, 2.05) is 24.1 Å². The third-order valence-corrected chi connectivity index (χ3v) is 5.12. The van der Waals surface area contributed by atoms with Crippen LogP contribution >= 0.6 is 0 Å². The lowest BCUT2D eigenvalue weighted by Gasteiger charge is -2.36. The molecule has 0 unspecified atom stereocenters. The van der Waals surface area contributed by atoms with Crippen LogP contribution in [0.5, 0.6) is 5.88 Å². The van der Waals surface area contributed by atoms with E-state index in [4.69, 9.17) is 4.74 Å². The average Bonchev–Trinajstić information content (AvgIpc) is 2.73. The number of urea groups is 1. The summed E-state index contributed by atoms with van der Waals surface area (Å²) in [5.41, 5.74) is 2.30. The zero-order valence-electron chi connectivity index (χ0n) is 16.1. The molecule has 1 fully saturated rings. The molecule has 0 radical (unpaired) electrons.